The monoisotopic (exact) mass is 355 g/mol. The predicted octanol–water partition coefficient (Wildman–Crippen LogP) is 3.10. The zero-order valence-corrected chi connectivity index (χ0v) is 14.0. The van der Waals surface area contributed by atoms with E-state index in [4.69, 9.17) is 0 Å². The summed E-state index contributed by atoms with van der Waals surface area (Å²) in [6.45, 7) is 2.16. The molecule has 0 spiro atoms. The van der Waals surface area contributed by atoms with E-state index in [-0.39, 0.29) is 17.4 Å². The SMILES string of the molecule is O=C(C=Cc1ccc([N+](=O)[O-])cc1)N1CCN(c2ccccc2F)CC1. The fourth-order valence-electron chi connectivity index (χ4n) is 2.86. The number of hydrogen-bond donors (Lipinski definition) is 0. The minimum absolute atomic E-state index is 0.0118. The van der Waals surface area contributed by atoms with E-state index in [1.807, 2.05) is 4.90 Å². The molecular weight excluding hydrogens is 337 g/mol. The van der Waals surface area contributed by atoms with Gasteiger partial charge in [-0.25, -0.2) is 4.39 Å². The number of rotatable bonds is 4. The van der Waals surface area contributed by atoms with Gasteiger partial charge in [0.15, 0.2) is 0 Å². The molecule has 2 aromatic rings. The standard InChI is InChI=1S/C19H18FN3O3/c20-17-3-1-2-4-18(17)21-11-13-22(14-12-21)19(24)10-7-15-5-8-16(9-6-15)23(25)26/h1-10H,11-14H2. The molecule has 0 aromatic heterocycles. The summed E-state index contributed by atoms with van der Waals surface area (Å²) < 4.78 is 13.8. The molecule has 1 fully saturated rings. The normalized spacial score (nSPS) is 14.7. The van der Waals surface area contributed by atoms with Crippen molar-refractivity contribution >= 4 is 23.4 Å². The van der Waals surface area contributed by atoms with Gasteiger partial charge in [-0.1, -0.05) is 12.1 Å². The molecule has 1 aliphatic rings. The van der Waals surface area contributed by atoms with Gasteiger partial charge in [0.05, 0.1) is 10.6 Å². The van der Waals surface area contributed by atoms with Crippen molar-refractivity contribution in [2.75, 3.05) is 31.1 Å². The number of para-hydroxylation sites is 1. The molecule has 0 bridgehead atoms. The van der Waals surface area contributed by atoms with Crippen LogP contribution in [-0.4, -0.2) is 41.9 Å². The lowest BCUT2D eigenvalue weighted by Crippen LogP contribution is -2.48. The lowest BCUT2D eigenvalue weighted by atomic mass is 10.2. The number of halogens is 1. The number of anilines is 1. The molecule has 2 aromatic carbocycles. The van der Waals surface area contributed by atoms with Crippen molar-refractivity contribution in [1.29, 1.82) is 0 Å². The van der Waals surface area contributed by atoms with Crippen LogP contribution in [0.4, 0.5) is 15.8 Å². The van der Waals surface area contributed by atoms with Crippen LogP contribution in [0.1, 0.15) is 5.56 Å². The smallest absolute Gasteiger partial charge is 0.269 e. The fraction of sp³-hybridized carbons (Fsp3) is 0.211. The Morgan fingerprint density at radius 3 is 2.31 bits per heavy atom. The van der Waals surface area contributed by atoms with E-state index < -0.39 is 4.92 Å². The first kappa shape index (κ1) is 17.6. The first-order valence-corrected chi connectivity index (χ1v) is 8.25. The van der Waals surface area contributed by atoms with Gasteiger partial charge in [-0.3, -0.25) is 14.9 Å². The summed E-state index contributed by atoms with van der Waals surface area (Å²) in [6.07, 6.45) is 3.09. The Bertz CT molecular complexity index is 828. The van der Waals surface area contributed by atoms with Crippen molar-refractivity contribution < 1.29 is 14.1 Å². The number of nitro groups is 1. The van der Waals surface area contributed by atoms with Crippen molar-refractivity contribution in [3.05, 3.63) is 76.1 Å². The van der Waals surface area contributed by atoms with Gasteiger partial charge in [-0.05, 0) is 35.9 Å². The lowest BCUT2D eigenvalue weighted by Gasteiger charge is -2.35. The number of nitro benzene ring substituents is 1. The Morgan fingerprint density at radius 2 is 1.69 bits per heavy atom. The van der Waals surface area contributed by atoms with Crippen molar-refractivity contribution in [2.45, 2.75) is 0 Å². The topological polar surface area (TPSA) is 66.7 Å². The maximum absolute atomic E-state index is 13.8. The summed E-state index contributed by atoms with van der Waals surface area (Å²) in [5.74, 6) is -0.387. The third kappa shape index (κ3) is 4.05. The van der Waals surface area contributed by atoms with E-state index in [1.165, 1.54) is 24.3 Å². The molecule has 0 atom stereocenters. The minimum atomic E-state index is -0.465. The quantitative estimate of drug-likeness (QED) is 0.480. The van der Waals surface area contributed by atoms with Gasteiger partial charge in [0, 0.05) is 44.4 Å². The molecule has 3 rings (SSSR count). The summed E-state index contributed by atoms with van der Waals surface area (Å²) in [6, 6.07) is 12.6. The fourth-order valence-corrected chi connectivity index (χ4v) is 2.86. The highest BCUT2D eigenvalue weighted by molar-refractivity contribution is 5.92. The van der Waals surface area contributed by atoms with Crippen LogP contribution in [0.5, 0.6) is 0 Å². The maximum Gasteiger partial charge on any atom is 0.269 e. The molecule has 7 heteroatoms. The maximum atomic E-state index is 13.8. The Labute approximate surface area is 150 Å². The molecule has 1 amide bonds. The largest absolute Gasteiger partial charge is 0.366 e. The van der Waals surface area contributed by atoms with E-state index >= 15 is 0 Å². The van der Waals surface area contributed by atoms with Gasteiger partial charge < -0.3 is 9.80 Å². The van der Waals surface area contributed by atoms with E-state index in [0.717, 1.165) is 0 Å². The third-order valence-electron chi connectivity index (χ3n) is 4.31. The summed E-state index contributed by atoms with van der Waals surface area (Å²) in [5, 5.41) is 10.6. The summed E-state index contributed by atoms with van der Waals surface area (Å²) in [5.41, 5.74) is 1.28. The predicted molar refractivity (Wildman–Crippen MR) is 97.3 cm³/mol. The average molecular weight is 355 g/mol. The van der Waals surface area contributed by atoms with Crippen LogP contribution in [0, 0.1) is 15.9 Å². The minimum Gasteiger partial charge on any atom is -0.366 e. The molecule has 0 radical (unpaired) electrons. The second-order valence-electron chi connectivity index (χ2n) is 5.95. The first-order chi connectivity index (χ1) is 12.5. The summed E-state index contributed by atoms with van der Waals surface area (Å²) >= 11 is 0. The summed E-state index contributed by atoms with van der Waals surface area (Å²) in [4.78, 5) is 26.1. The van der Waals surface area contributed by atoms with Crippen LogP contribution in [0.25, 0.3) is 6.08 Å². The zero-order valence-electron chi connectivity index (χ0n) is 14.0. The molecular formula is C19H18FN3O3. The molecule has 1 heterocycles. The average Bonchev–Trinajstić information content (AvgIpc) is 2.67. The number of benzene rings is 2. The van der Waals surface area contributed by atoms with Crippen LogP contribution in [0.15, 0.2) is 54.6 Å². The van der Waals surface area contributed by atoms with Gasteiger partial charge in [0.1, 0.15) is 5.82 Å². The van der Waals surface area contributed by atoms with Crippen molar-refractivity contribution in [3.63, 3.8) is 0 Å². The Kier molecular flexibility index (Phi) is 5.26. The molecule has 6 nitrogen and oxygen atoms in total. The summed E-state index contributed by atoms with van der Waals surface area (Å²) in [7, 11) is 0. The molecule has 26 heavy (non-hydrogen) atoms. The first-order valence-electron chi connectivity index (χ1n) is 8.25. The van der Waals surface area contributed by atoms with Crippen molar-refractivity contribution in [2.24, 2.45) is 0 Å². The highest BCUT2D eigenvalue weighted by atomic mass is 19.1. The highest BCUT2D eigenvalue weighted by Gasteiger charge is 2.21. The molecule has 0 unspecified atom stereocenters. The van der Waals surface area contributed by atoms with Gasteiger partial charge in [0.25, 0.3) is 5.69 Å². The number of amides is 1. The Hall–Kier alpha value is -3.22. The molecule has 134 valence electrons. The number of carbonyl (C=O) groups excluding carboxylic acids is 1. The zero-order chi connectivity index (χ0) is 18.5. The molecule has 0 saturated carbocycles. The lowest BCUT2D eigenvalue weighted by molar-refractivity contribution is -0.384. The van der Waals surface area contributed by atoms with Crippen molar-refractivity contribution in [3.8, 4) is 0 Å². The number of carbonyl (C=O) groups is 1. The number of piperazine rings is 1. The second kappa shape index (κ2) is 7.77. The molecule has 1 aliphatic heterocycles. The Morgan fingerprint density at radius 1 is 1.04 bits per heavy atom. The number of non-ortho nitro benzene ring substituents is 1. The second-order valence-corrected chi connectivity index (χ2v) is 5.95. The van der Waals surface area contributed by atoms with Gasteiger partial charge >= 0.3 is 0 Å². The van der Waals surface area contributed by atoms with E-state index in [0.29, 0.717) is 37.4 Å². The van der Waals surface area contributed by atoms with E-state index in [9.17, 15) is 19.3 Å². The third-order valence-corrected chi connectivity index (χ3v) is 4.31. The van der Waals surface area contributed by atoms with Gasteiger partial charge in [-0.15, -0.1) is 0 Å². The van der Waals surface area contributed by atoms with Crippen LogP contribution in [0.3, 0.4) is 0 Å². The number of nitrogens with zero attached hydrogens (tertiary/aromatic N) is 3. The highest BCUT2D eigenvalue weighted by Crippen LogP contribution is 2.20. The molecule has 0 aliphatic carbocycles. The van der Waals surface area contributed by atoms with Crippen LogP contribution < -0.4 is 4.90 Å². The van der Waals surface area contributed by atoms with Crippen molar-refractivity contribution in [1.82, 2.24) is 4.90 Å². The van der Waals surface area contributed by atoms with Crippen LogP contribution in [0.2, 0.25) is 0 Å². The van der Waals surface area contributed by atoms with Crippen LogP contribution >= 0.6 is 0 Å². The molecule has 1 saturated heterocycles. The van der Waals surface area contributed by atoms with Crippen LogP contribution in [-0.2, 0) is 4.79 Å². The van der Waals surface area contributed by atoms with Gasteiger partial charge in [-0.2, -0.15) is 0 Å². The van der Waals surface area contributed by atoms with Gasteiger partial charge in [0.2, 0.25) is 5.91 Å². The van der Waals surface area contributed by atoms with E-state index in [1.54, 1.807) is 41.3 Å². The Balaban J connectivity index is 1.56. The molecule has 0 N–H and O–H groups in total. The number of hydrogen-bond acceptors (Lipinski definition) is 4. The van der Waals surface area contributed by atoms with E-state index in [2.05, 4.69) is 0 Å².